The summed E-state index contributed by atoms with van der Waals surface area (Å²) in [5.74, 6) is -4.03. The molecule has 4 atom stereocenters. The van der Waals surface area contributed by atoms with E-state index in [4.69, 9.17) is 22.9 Å². The van der Waals surface area contributed by atoms with Crippen molar-refractivity contribution >= 4 is 29.6 Å². The Labute approximate surface area is 187 Å². The highest BCUT2D eigenvalue weighted by Crippen LogP contribution is 2.06. The lowest BCUT2D eigenvalue weighted by Crippen LogP contribution is -2.56. The fourth-order valence-electron chi connectivity index (χ4n) is 2.78. The van der Waals surface area contributed by atoms with Crippen molar-refractivity contribution in [3.8, 4) is 0 Å². The van der Waals surface area contributed by atoms with Crippen LogP contribution in [0, 0.1) is 0 Å². The summed E-state index contributed by atoms with van der Waals surface area (Å²) in [7, 11) is 0. The number of hydrogen-bond acceptors (Lipinski definition) is 8. The van der Waals surface area contributed by atoms with Crippen molar-refractivity contribution in [1.29, 1.82) is 0 Å². The average Bonchev–Trinajstić information content (AvgIpc) is 2.71. The summed E-state index contributed by atoms with van der Waals surface area (Å²) in [4.78, 5) is 59.5. The molecule has 13 nitrogen and oxygen atoms in total. The lowest BCUT2D eigenvalue weighted by atomic mass is 10.1. The molecule has 0 fully saturated rings. The molecule has 0 saturated heterocycles. The molecule has 0 aliphatic heterocycles. The van der Waals surface area contributed by atoms with Crippen LogP contribution < -0.4 is 38.9 Å². The van der Waals surface area contributed by atoms with Crippen molar-refractivity contribution in [2.75, 3.05) is 13.1 Å². The van der Waals surface area contributed by atoms with Crippen molar-refractivity contribution < 1.29 is 29.1 Å². The molecule has 0 heterocycles. The van der Waals surface area contributed by atoms with E-state index in [1.54, 1.807) is 0 Å². The summed E-state index contributed by atoms with van der Waals surface area (Å²) in [5, 5.41) is 16.7. The minimum Gasteiger partial charge on any atom is -0.480 e. The second-order valence-corrected chi connectivity index (χ2v) is 7.54. The molecular weight excluding hydrogens is 422 g/mol. The van der Waals surface area contributed by atoms with E-state index >= 15 is 0 Å². The van der Waals surface area contributed by atoms with Gasteiger partial charge in [-0.3, -0.25) is 19.2 Å². The molecule has 13 heteroatoms. The summed E-state index contributed by atoms with van der Waals surface area (Å²) in [5.41, 5.74) is 21.4. The third-order valence-corrected chi connectivity index (χ3v) is 4.65. The predicted molar refractivity (Wildman–Crippen MR) is 117 cm³/mol. The van der Waals surface area contributed by atoms with Crippen LogP contribution in [0.15, 0.2) is 0 Å². The maximum Gasteiger partial charge on any atom is 0.326 e. The normalized spacial score (nSPS) is 14.5. The van der Waals surface area contributed by atoms with Gasteiger partial charge in [-0.1, -0.05) is 0 Å². The number of aliphatic carboxylic acids is 1. The van der Waals surface area contributed by atoms with Crippen molar-refractivity contribution in [2.24, 2.45) is 22.9 Å². The van der Waals surface area contributed by atoms with Gasteiger partial charge in [0.1, 0.15) is 18.1 Å². The topological polar surface area (TPSA) is 246 Å². The van der Waals surface area contributed by atoms with E-state index < -0.39 is 53.8 Å². The van der Waals surface area contributed by atoms with E-state index in [9.17, 15) is 29.1 Å². The molecule has 0 radical (unpaired) electrons. The Balaban J connectivity index is 5.09. The first-order valence-corrected chi connectivity index (χ1v) is 10.6. The zero-order valence-corrected chi connectivity index (χ0v) is 18.5. The monoisotopic (exact) mass is 459 g/mol. The number of primary amides is 1. The van der Waals surface area contributed by atoms with Crippen LogP contribution in [0.1, 0.15) is 51.9 Å². The lowest BCUT2D eigenvalue weighted by molar-refractivity contribution is -0.142. The zero-order valence-electron chi connectivity index (χ0n) is 18.5. The summed E-state index contributed by atoms with van der Waals surface area (Å²) < 4.78 is 0. The number of carboxylic acid groups (broad SMARTS) is 1. The third kappa shape index (κ3) is 12.2. The molecule has 4 amide bonds. The standard InChI is InChI=1S/C19H37N7O6/c1-11(24-17(29)12(22)10-15(23)27)16(28)25-13(6-2-4-8-20)18(30)26-14(19(31)32)7-3-5-9-21/h11-14H,2-10,20-22H2,1H3,(H2,23,27)(H,24,29)(H,25,28)(H,26,30)(H,31,32). The highest BCUT2D eigenvalue weighted by molar-refractivity contribution is 5.94. The Morgan fingerprint density at radius 2 is 1.28 bits per heavy atom. The summed E-state index contributed by atoms with van der Waals surface area (Å²) >= 11 is 0. The first-order chi connectivity index (χ1) is 15.0. The Kier molecular flexibility index (Phi) is 14.6. The molecule has 4 unspecified atom stereocenters. The number of unbranched alkanes of at least 4 members (excludes halogenated alkanes) is 2. The number of hydrogen-bond donors (Lipinski definition) is 8. The summed E-state index contributed by atoms with van der Waals surface area (Å²) in [6.07, 6.45) is 2.30. The van der Waals surface area contributed by atoms with Crippen LogP contribution in [0.2, 0.25) is 0 Å². The van der Waals surface area contributed by atoms with Crippen LogP contribution in [0.5, 0.6) is 0 Å². The van der Waals surface area contributed by atoms with Gasteiger partial charge in [0.2, 0.25) is 23.6 Å². The molecule has 0 aliphatic carbocycles. The molecule has 0 spiro atoms. The smallest absolute Gasteiger partial charge is 0.326 e. The summed E-state index contributed by atoms with van der Waals surface area (Å²) in [6, 6.07) is -4.42. The number of rotatable bonds is 17. The van der Waals surface area contributed by atoms with Crippen molar-refractivity contribution in [3.63, 3.8) is 0 Å². The molecule has 0 aliphatic rings. The van der Waals surface area contributed by atoms with E-state index in [1.807, 2.05) is 0 Å². The molecule has 0 bridgehead atoms. The first-order valence-electron chi connectivity index (χ1n) is 10.6. The Bertz CT molecular complexity index is 646. The van der Waals surface area contributed by atoms with Crippen LogP contribution in [0.3, 0.4) is 0 Å². The van der Waals surface area contributed by atoms with E-state index in [2.05, 4.69) is 16.0 Å². The molecule has 32 heavy (non-hydrogen) atoms. The fraction of sp³-hybridized carbons (Fsp3) is 0.737. The van der Waals surface area contributed by atoms with Gasteiger partial charge >= 0.3 is 5.97 Å². The molecule has 0 aromatic carbocycles. The molecule has 0 aromatic heterocycles. The van der Waals surface area contributed by atoms with Gasteiger partial charge in [0.25, 0.3) is 0 Å². The van der Waals surface area contributed by atoms with Crippen molar-refractivity contribution in [3.05, 3.63) is 0 Å². The minimum absolute atomic E-state index is 0.200. The molecule has 0 saturated carbocycles. The lowest BCUT2D eigenvalue weighted by Gasteiger charge is -2.23. The van der Waals surface area contributed by atoms with E-state index in [0.717, 1.165) is 0 Å². The van der Waals surface area contributed by atoms with Gasteiger partial charge in [-0.05, 0) is 58.5 Å². The van der Waals surface area contributed by atoms with Crippen LogP contribution >= 0.6 is 0 Å². The number of nitrogens with one attached hydrogen (secondary N) is 3. The van der Waals surface area contributed by atoms with E-state index in [0.29, 0.717) is 38.8 Å². The quantitative estimate of drug-likeness (QED) is 0.103. The molecule has 0 aromatic rings. The number of nitrogens with two attached hydrogens (primary N) is 4. The summed E-state index contributed by atoms with van der Waals surface area (Å²) in [6.45, 7) is 2.18. The van der Waals surface area contributed by atoms with E-state index in [-0.39, 0.29) is 19.3 Å². The number of carboxylic acids is 1. The SMILES string of the molecule is CC(NC(=O)C(N)CC(N)=O)C(=O)NC(CCCCN)C(=O)NC(CCCCN)C(=O)O. The third-order valence-electron chi connectivity index (χ3n) is 4.65. The molecule has 0 rings (SSSR count). The van der Waals surface area contributed by atoms with E-state index in [1.165, 1.54) is 6.92 Å². The van der Waals surface area contributed by atoms with Gasteiger partial charge in [0, 0.05) is 0 Å². The molecular formula is C19H37N7O6. The van der Waals surface area contributed by atoms with Gasteiger partial charge in [-0.2, -0.15) is 0 Å². The second-order valence-electron chi connectivity index (χ2n) is 7.54. The zero-order chi connectivity index (χ0) is 24.7. The second kappa shape index (κ2) is 15.9. The number of carbonyl (C=O) groups is 5. The minimum atomic E-state index is -1.21. The van der Waals surface area contributed by atoms with Crippen LogP contribution in [-0.2, 0) is 24.0 Å². The number of amides is 4. The highest BCUT2D eigenvalue weighted by atomic mass is 16.4. The predicted octanol–water partition coefficient (Wildman–Crippen LogP) is -2.99. The van der Waals surface area contributed by atoms with Gasteiger partial charge in [-0.25, -0.2) is 4.79 Å². The molecule has 184 valence electrons. The number of carbonyl (C=O) groups excluding carboxylic acids is 4. The first kappa shape index (κ1) is 29.2. The van der Waals surface area contributed by atoms with Gasteiger partial charge < -0.3 is 44.0 Å². The Morgan fingerprint density at radius 3 is 1.75 bits per heavy atom. The van der Waals surface area contributed by atoms with Crippen LogP contribution in [-0.4, -0.2) is 72.0 Å². The maximum atomic E-state index is 12.7. The highest BCUT2D eigenvalue weighted by Gasteiger charge is 2.28. The van der Waals surface area contributed by atoms with Crippen molar-refractivity contribution in [2.45, 2.75) is 76.0 Å². The van der Waals surface area contributed by atoms with Gasteiger partial charge in [0.05, 0.1) is 12.5 Å². The molecule has 12 N–H and O–H groups in total. The van der Waals surface area contributed by atoms with Crippen molar-refractivity contribution in [1.82, 2.24) is 16.0 Å². The maximum absolute atomic E-state index is 12.7. The largest absolute Gasteiger partial charge is 0.480 e. The fourth-order valence-corrected chi connectivity index (χ4v) is 2.78. The van der Waals surface area contributed by atoms with Crippen LogP contribution in [0.4, 0.5) is 0 Å². The van der Waals surface area contributed by atoms with Gasteiger partial charge in [-0.15, -0.1) is 0 Å². The van der Waals surface area contributed by atoms with Crippen LogP contribution in [0.25, 0.3) is 0 Å². The average molecular weight is 460 g/mol. The van der Waals surface area contributed by atoms with Gasteiger partial charge in [0.15, 0.2) is 0 Å². The Morgan fingerprint density at radius 1 is 0.781 bits per heavy atom. The Hall–Kier alpha value is -2.77.